The first-order valence-electron chi connectivity index (χ1n) is 11.5. The minimum absolute atomic E-state index is 0.0732. The number of nitrogens with one attached hydrogen (secondary N) is 1. The minimum atomic E-state index is -3.97. The van der Waals surface area contributed by atoms with E-state index in [2.05, 4.69) is 5.32 Å². The van der Waals surface area contributed by atoms with E-state index < -0.39 is 22.1 Å². The van der Waals surface area contributed by atoms with Crippen LogP contribution in [0, 0.1) is 6.92 Å². The normalized spacial score (nSPS) is 12.0. The smallest absolute Gasteiger partial charge is 0.339 e. The van der Waals surface area contributed by atoms with Gasteiger partial charge in [-0.3, -0.25) is 5.32 Å². The van der Waals surface area contributed by atoms with E-state index >= 15 is 0 Å². The van der Waals surface area contributed by atoms with E-state index in [0.717, 1.165) is 16.7 Å². The summed E-state index contributed by atoms with van der Waals surface area (Å²) in [6, 6.07) is 31.2. The SMILES string of the molecule is Cc1ccc(S(=O)(=O)Oc2ccc(C(NCc3ccccc3)C(=O)OCc3ccccc3)cc2)cc1. The lowest BCUT2D eigenvalue weighted by Gasteiger charge is -2.19. The van der Waals surface area contributed by atoms with Crippen LogP contribution in [0.4, 0.5) is 0 Å². The molecule has 1 N–H and O–H groups in total. The number of benzene rings is 4. The van der Waals surface area contributed by atoms with Crippen LogP contribution in [-0.2, 0) is 32.8 Å². The van der Waals surface area contributed by atoms with Crippen LogP contribution < -0.4 is 9.50 Å². The van der Waals surface area contributed by atoms with Crippen LogP contribution in [0.15, 0.2) is 114 Å². The third-order valence-electron chi connectivity index (χ3n) is 5.54. The monoisotopic (exact) mass is 501 g/mol. The van der Waals surface area contributed by atoms with Crippen molar-refractivity contribution in [2.45, 2.75) is 31.0 Å². The lowest BCUT2D eigenvalue weighted by atomic mass is 10.1. The molecule has 0 aliphatic carbocycles. The molecule has 4 aromatic carbocycles. The quantitative estimate of drug-likeness (QED) is 0.233. The summed E-state index contributed by atoms with van der Waals surface area (Å²) in [5, 5.41) is 3.25. The fraction of sp³-hybridized carbons (Fsp3) is 0.138. The topological polar surface area (TPSA) is 81.7 Å². The molecular weight excluding hydrogens is 474 g/mol. The van der Waals surface area contributed by atoms with Crippen molar-refractivity contribution >= 4 is 16.1 Å². The van der Waals surface area contributed by atoms with Gasteiger partial charge in [0, 0.05) is 6.54 Å². The van der Waals surface area contributed by atoms with Gasteiger partial charge in [-0.05, 0) is 47.9 Å². The molecule has 7 heteroatoms. The summed E-state index contributed by atoms with van der Waals surface area (Å²) in [4.78, 5) is 13.1. The maximum absolute atomic E-state index is 13.1. The highest BCUT2D eigenvalue weighted by Crippen LogP contribution is 2.23. The standard InChI is InChI=1S/C29H27NO5S/c1-22-12-18-27(19-13-22)36(32,33)35-26-16-14-25(15-17-26)28(30-20-23-8-4-2-5-9-23)29(31)34-21-24-10-6-3-7-11-24/h2-19,28,30H,20-21H2,1H3. The molecule has 0 bridgehead atoms. The Hall–Kier alpha value is -3.94. The molecule has 0 spiro atoms. The van der Waals surface area contributed by atoms with E-state index in [0.29, 0.717) is 12.1 Å². The van der Waals surface area contributed by atoms with Crippen LogP contribution in [0.5, 0.6) is 5.75 Å². The molecule has 0 amide bonds. The van der Waals surface area contributed by atoms with Crippen molar-refractivity contribution in [3.8, 4) is 5.75 Å². The van der Waals surface area contributed by atoms with E-state index in [1.54, 1.807) is 24.3 Å². The molecule has 0 aromatic heterocycles. The molecule has 0 fully saturated rings. The van der Waals surface area contributed by atoms with Crippen LogP contribution in [0.2, 0.25) is 0 Å². The van der Waals surface area contributed by atoms with Gasteiger partial charge in [-0.1, -0.05) is 90.5 Å². The number of hydrogen-bond acceptors (Lipinski definition) is 6. The number of carbonyl (C=O) groups is 1. The summed E-state index contributed by atoms with van der Waals surface area (Å²) in [5.74, 6) is -0.283. The van der Waals surface area contributed by atoms with Gasteiger partial charge in [0.25, 0.3) is 0 Å². The number of hydrogen-bond donors (Lipinski definition) is 1. The molecule has 0 saturated carbocycles. The molecule has 1 unspecified atom stereocenters. The second kappa shape index (κ2) is 11.7. The Morgan fingerprint density at radius 2 is 1.36 bits per heavy atom. The van der Waals surface area contributed by atoms with Crippen molar-refractivity contribution in [1.82, 2.24) is 5.32 Å². The lowest BCUT2D eigenvalue weighted by molar-refractivity contribution is -0.147. The Bertz CT molecular complexity index is 1370. The van der Waals surface area contributed by atoms with E-state index in [1.165, 1.54) is 24.3 Å². The van der Waals surface area contributed by atoms with Crippen molar-refractivity contribution in [3.63, 3.8) is 0 Å². The molecule has 1 atom stereocenters. The summed E-state index contributed by atoms with van der Waals surface area (Å²) in [6.07, 6.45) is 0. The zero-order chi connectivity index (χ0) is 25.4. The average molecular weight is 502 g/mol. The Kier molecular flexibility index (Phi) is 8.15. The van der Waals surface area contributed by atoms with Crippen LogP contribution in [0.25, 0.3) is 0 Å². The van der Waals surface area contributed by atoms with Crippen LogP contribution >= 0.6 is 0 Å². The number of esters is 1. The van der Waals surface area contributed by atoms with Gasteiger partial charge in [-0.25, -0.2) is 4.79 Å². The van der Waals surface area contributed by atoms with Crippen LogP contribution in [0.3, 0.4) is 0 Å². The number of aryl methyl sites for hydroxylation is 1. The summed E-state index contributed by atoms with van der Waals surface area (Å²) in [7, 11) is -3.97. The van der Waals surface area contributed by atoms with Crippen molar-refractivity contribution in [1.29, 1.82) is 0 Å². The zero-order valence-corrected chi connectivity index (χ0v) is 20.6. The Morgan fingerprint density at radius 3 is 1.97 bits per heavy atom. The number of ether oxygens (including phenoxy) is 1. The molecule has 0 saturated heterocycles. The number of carbonyl (C=O) groups excluding carboxylic acids is 1. The maximum Gasteiger partial charge on any atom is 0.339 e. The Labute approximate surface area is 211 Å². The van der Waals surface area contributed by atoms with E-state index in [-0.39, 0.29) is 17.3 Å². The van der Waals surface area contributed by atoms with Crippen molar-refractivity contribution < 1.29 is 22.1 Å². The molecule has 36 heavy (non-hydrogen) atoms. The van der Waals surface area contributed by atoms with Gasteiger partial charge in [0.2, 0.25) is 0 Å². The van der Waals surface area contributed by atoms with E-state index in [9.17, 15) is 13.2 Å². The van der Waals surface area contributed by atoms with E-state index in [4.69, 9.17) is 8.92 Å². The van der Waals surface area contributed by atoms with Gasteiger partial charge in [0.15, 0.2) is 0 Å². The van der Waals surface area contributed by atoms with Gasteiger partial charge in [-0.2, -0.15) is 8.42 Å². The largest absolute Gasteiger partial charge is 0.459 e. The second-order valence-electron chi connectivity index (χ2n) is 8.31. The molecule has 4 rings (SSSR count). The van der Waals surface area contributed by atoms with Crippen LogP contribution in [0.1, 0.15) is 28.3 Å². The maximum atomic E-state index is 13.1. The van der Waals surface area contributed by atoms with Gasteiger partial charge >= 0.3 is 16.1 Å². The first kappa shape index (κ1) is 25.2. The fourth-order valence-corrected chi connectivity index (χ4v) is 4.49. The van der Waals surface area contributed by atoms with Gasteiger partial charge in [-0.15, -0.1) is 0 Å². The predicted molar refractivity (Wildman–Crippen MR) is 138 cm³/mol. The summed E-state index contributed by atoms with van der Waals surface area (Å²) >= 11 is 0. The first-order valence-corrected chi connectivity index (χ1v) is 12.9. The fourth-order valence-electron chi connectivity index (χ4n) is 3.56. The van der Waals surface area contributed by atoms with Crippen molar-refractivity contribution in [2.24, 2.45) is 0 Å². The molecule has 184 valence electrons. The van der Waals surface area contributed by atoms with Gasteiger partial charge in [0.1, 0.15) is 23.3 Å². The molecule has 4 aromatic rings. The second-order valence-corrected chi connectivity index (χ2v) is 9.86. The predicted octanol–water partition coefficient (Wildman–Crippen LogP) is 5.34. The third kappa shape index (κ3) is 6.81. The van der Waals surface area contributed by atoms with Crippen molar-refractivity contribution in [2.75, 3.05) is 0 Å². The summed E-state index contributed by atoms with van der Waals surface area (Å²) in [5.41, 5.74) is 3.48. The summed E-state index contributed by atoms with van der Waals surface area (Å²) < 4.78 is 36.1. The number of rotatable bonds is 10. The Balaban J connectivity index is 1.49. The summed E-state index contributed by atoms with van der Waals surface area (Å²) in [6.45, 7) is 2.48. The minimum Gasteiger partial charge on any atom is -0.459 e. The highest BCUT2D eigenvalue weighted by Gasteiger charge is 2.23. The molecule has 0 radical (unpaired) electrons. The van der Waals surface area contributed by atoms with Crippen molar-refractivity contribution in [3.05, 3.63) is 131 Å². The third-order valence-corrected chi connectivity index (χ3v) is 6.80. The van der Waals surface area contributed by atoms with E-state index in [1.807, 2.05) is 67.6 Å². The Morgan fingerprint density at radius 1 is 0.778 bits per heavy atom. The molecule has 0 aliphatic heterocycles. The molecule has 0 aliphatic rings. The van der Waals surface area contributed by atoms with Crippen LogP contribution in [-0.4, -0.2) is 14.4 Å². The molecule has 0 heterocycles. The first-order chi connectivity index (χ1) is 17.4. The average Bonchev–Trinajstić information content (AvgIpc) is 2.90. The molecular formula is C29H27NO5S. The van der Waals surface area contributed by atoms with Gasteiger partial charge in [0.05, 0.1) is 0 Å². The highest BCUT2D eigenvalue weighted by atomic mass is 32.2. The molecule has 6 nitrogen and oxygen atoms in total. The highest BCUT2D eigenvalue weighted by molar-refractivity contribution is 7.87. The zero-order valence-electron chi connectivity index (χ0n) is 19.8. The van der Waals surface area contributed by atoms with Gasteiger partial charge < -0.3 is 8.92 Å². The lowest BCUT2D eigenvalue weighted by Crippen LogP contribution is -2.30.